The maximum absolute atomic E-state index is 4.12. The van der Waals surface area contributed by atoms with Gasteiger partial charge in [0.05, 0.1) is 28.3 Å². The van der Waals surface area contributed by atoms with Crippen molar-refractivity contribution in [2.75, 3.05) is 0 Å². The highest BCUT2D eigenvalue weighted by molar-refractivity contribution is 5.77. The van der Waals surface area contributed by atoms with Gasteiger partial charge in [0.2, 0.25) is 0 Å². The van der Waals surface area contributed by atoms with Crippen molar-refractivity contribution in [1.82, 2.24) is 30.1 Å². The zero-order valence-corrected chi connectivity index (χ0v) is 29.6. The van der Waals surface area contributed by atoms with Gasteiger partial charge in [0.1, 0.15) is 6.33 Å². The number of benzene rings is 3. The summed E-state index contributed by atoms with van der Waals surface area (Å²) in [4.78, 5) is 16.2. The van der Waals surface area contributed by atoms with E-state index in [1.807, 2.05) is 85.1 Å². The lowest BCUT2D eigenvalue weighted by Crippen LogP contribution is -1.93. The van der Waals surface area contributed by atoms with Gasteiger partial charge in [-0.25, -0.2) is 9.97 Å². The third kappa shape index (κ3) is 22.8. The molecule has 0 aliphatic rings. The lowest BCUT2D eigenvalue weighted by Gasteiger charge is -2.05. The van der Waals surface area contributed by atoms with Gasteiger partial charge >= 0.3 is 0 Å². The topological polar surface area (TPSA) is 77.3 Å². The van der Waals surface area contributed by atoms with Crippen LogP contribution in [-0.2, 0) is 0 Å². The second kappa shape index (κ2) is 19.1. The molecule has 0 aliphatic carbocycles. The third-order valence-electron chi connectivity index (χ3n) is 4.21. The van der Waals surface area contributed by atoms with Crippen LogP contribution in [0, 0.1) is 16.2 Å². The summed E-state index contributed by atoms with van der Waals surface area (Å²) in [6.45, 7) is 26.2. The summed E-state index contributed by atoms with van der Waals surface area (Å²) in [5.74, 6) is 0. The van der Waals surface area contributed by atoms with Gasteiger partial charge in [0.25, 0.3) is 0 Å². The van der Waals surface area contributed by atoms with Crippen molar-refractivity contribution >= 4 is 32.8 Å². The lowest BCUT2D eigenvalue weighted by molar-refractivity contribution is 0.469. The molecule has 6 aromatic rings. The van der Waals surface area contributed by atoms with Crippen LogP contribution in [0.5, 0.6) is 0 Å². The first-order valence-electron chi connectivity index (χ1n) is 15.4. The average molecular weight is 607 g/mol. The maximum Gasteiger partial charge on any atom is 0.116 e. The fraction of sp³-hybridized carbons (Fsp3) is 0.385. The first-order chi connectivity index (χ1) is 20.9. The summed E-state index contributed by atoms with van der Waals surface area (Å²) in [5.41, 5.74) is 5.34. The quantitative estimate of drug-likeness (QED) is 0.171. The van der Waals surface area contributed by atoms with Crippen molar-refractivity contribution in [3.05, 3.63) is 110 Å². The Morgan fingerprint density at radius 3 is 1.24 bits per heavy atom. The molecule has 0 saturated carbocycles. The molecule has 0 saturated heterocycles. The Morgan fingerprint density at radius 2 is 0.800 bits per heavy atom. The third-order valence-corrected chi connectivity index (χ3v) is 4.21. The van der Waals surface area contributed by atoms with E-state index in [-0.39, 0.29) is 0 Å². The molecule has 0 radical (unpaired) electrons. The number of hydrogen-bond donors (Lipinski definition) is 0. The average Bonchev–Trinajstić information content (AvgIpc) is 2.96. The molecule has 0 N–H and O–H groups in total. The highest BCUT2D eigenvalue weighted by Crippen LogP contribution is 2.10. The molecule has 0 fully saturated rings. The van der Waals surface area contributed by atoms with Crippen molar-refractivity contribution in [2.45, 2.75) is 83.1 Å². The molecule has 0 unspecified atom stereocenters. The Morgan fingerprint density at radius 1 is 0.400 bits per heavy atom. The molecule has 0 amide bonds. The van der Waals surface area contributed by atoms with Gasteiger partial charge in [0.15, 0.2) is 0 Å². The lowest BCUT2D eigenvalue weighted by atomic mass is 10.0. The first kappa shape index (κ1) is 38.7. The van der Waals surface area contributed by atoms with Crippen LogP contribution in [0.3, 0.4) is 0 Å². The minimum Gasteiger partial charge on any atom is -0.253 e. The zero-order chi connectivity index (χ0) is 33.9. The van der Waals surface area contributed by atoms with E-state index in [0.29, 0.717) is 16.2 Å². The molecule has 45 heavy (non-hydrogen) atoms. The molecule has 6 rings (SSSR count). The number of rotatable bonds is 0. The minimum atomic E-state index is 0.500. The van der Waals surface area contributed by atoms with Crippen molar-refractivity contribution in [2.24, 2.45) is 16.2 Å². The Kier molecular flexibility index (Phi) is 16.5. The van der Waals surface area contributed by atoms with E-state index < -0.39 is 0 Å². The molecular weight excluding hydrogens is 552 g/mol. The van der Waals surface area contributed by atoms with Crippen LogP contribution in [0.2, 0.25) is 0 Å². The van der Waals surface area contributed by atoms with Crippen LogP contribution in [0.15, 0.2) is 110 Å². The molecule has 0 aliphatic heterocycles. The summed E-state index contributed by atoms with van der Waals surface area (Å²) in [5, 5.41) is 9.92. The SMILES string of the molecule is CC(C)(C)C.CC(C)(C)C.CC(C)(C)C.c1ccc2nccnc2c1.c1ccc2ncncc2c1.c1ccc2nnccc2c1. The van der Waals surface area contributed by atoms with Crippen LogP contribution in [0.1, 0.15) is 83.1 Å². The standard InChI is InChI=1S/3C8H6N2.3C5H12/c1-2-4-8-7(3-1)5-9-6-10-8;1-2-4-8-7(3-1)9-5-6-10-8;1-2-4-8-7(3-1)5-6-9-10-8;3*1-5(2,3)4/h3*1-6H;3*1-4H3. The predicted octanol–water partition coefficient (Wildman–Crippen LogP) is 11.0. The Balaban J connectivity index is 0.000000280. The van der Waals surface area contributed by atoms with E-state index in [1.165, 1.54) is 0 Å². The summed E-state index contributed by atoms with van der Waals surface area (Å²) in [6.07, 6.45) is 8.46. The smallest absolute Gasteiger partial charge is 0.116 e. The zero-order valence-electron chi connectivity index (χ0n) is 29.6. The van der Waals surface area contributed by atoms with Gasteiger partial charge in [-0.15, -0.1) is 0 Å². The van der Waals surface area contributed by atoms with E-state index in [1.54, 1.807) is 24.9 Å². The van der Waals surface area contributed by atoms with Crippen molar-refractivity contribution in [3.63, 3.8) is 0 Å². The fourth-order valence-electron chi connectivity index (χ4n) is 2.76. The number of hydrogen-bond acceptors (Lipinski definition) is 6. The second-order valence-corrected chi connectivity index (χ2v) is 15.2. The van der Waals surface area contributed by atoms with Crippen LogP contribution in [0.25, 0.3) is 32.8 Å². The molecule has 240 valence electrons. The van der Waals surface area contributed by atoms with Crippen molar-refractivity contribution < 1.29 is 0 Å². The molecule has 6 heteroatoms. The molecule has 3 aromatic heterocycles. The van der Waals surface area contributed by atoms with E-state index >= 15 is 0 Å². The maximum atomic E-state index is 4.12. The summed E-state index contributed by atoms with van der Waals surface area (Å²) >= 11 is 0. The van der Waals surface area contributed by atoms with E-state index in [4.69, 9.17) is 0 Å². The Labute approximate surface area is 271 Å². The van der Waals surface area contributed by atoms with Gasteiger partial charge in [-0.2, -0.15) is 10.2 Å². The number of fused-ring (bicyclic) bond motifs is 3. The molecule has 0 spiro atoms. The van der Waals surface area contributed by atoms with Crippen molar-refractivity contribution in [1.29, 1.82) is 0 Å². The summed E-state index contributed by atoms with van der Waals surface area (Å²) in [6, 6.07) is 25.6. The monoisotopic (exact) mass is 606 g/mol. The molecule has 3 aromatic carbocycles. The predicted molar refractivity (Wildman–Crippen MR) is 194 cm³/mol. The minimum absolute atomic E-state index is 0.500. The largest absolute Gasteiger partial charge is 0.253 e. The van der Waals surface area contributed by atoms with Gasteiger partial charge < -0.3 is 0 Å². The fourth-order valence-corrected chi connectivity index (χ4v) is 2.76. The molecular formula is C39H54N6. The molecule has 0 bridgehead atoms. The second-order valence-electron chi connectivity index (χ2n) is 15.2. The van der Waals surface area contributed by atoms with Gasteiger partial charge in [-0.1, -0.05) is 132 Å². The number of aromatic nitrogens is 6. The van der Waals surface area contributed by atoms with Gasteiger partial charge in [0, 0.05) is 29.4 Å². The molecule has 0 atom stereocenters. The van der Waals surface area contributed by atoms with Crippen molar-refractivity contribution in [3.8, 4) is 0 Å². The Hall–Kier alpha value is -4.32. The number of nitrogens with zero attached hydrogens (tertiary/aromatic N) is 6. The van der Waals surface area contributed by atoms with Crippen LogP contribution in [0.4, 0.5) is 0 Å². The number of para-hydroxylation sites is 3. The van der Waals surface area contributed by atoms with Gasteiger partial charge in [-0.05, 0) is 46.6 Å². The van der Waals surface area contributed by atoms with E-state index in [9.17, 15) is 0 Å². The van der Waals surface area contributed by atoms with Crippen LogP contribution >= 0.6 is 0 Å². The summed E-state index contributed by atoms with van der Waals surface area (Å²) < 4.78 is 0. The normalized spacial score (nSPS) is 10.7. The Bertz CT molecular complexity index is 1230. The van der Waals surface area contributed by atoms with E-state index in [2.05, 4.69) is 113 Å². The van der Waals surface area contributed by atoms with Crippen LogP contribution in [-0.4, -0.2) is 30.1 Å². The highest BCUT2D eigenvalue weighted by atomic mass is 15.1. The van der Waals surface area contributed by atoms with Crippen LogP contribution < -0.4 is 0 Å². The summed E-state index contributed by atoms with van der Waals surface area (Å²) in [7, 11) is 0. The van der Waals surface area contributed by atoms with Gasteiger partial charge in [-0.3, -0.25) is 9.97 Å². The van der Waals surface area contributed by atoms with E-state index in [0.717, 1.165) is 32.8 Å². The molecule has 6 nitrogen and oxygen atoms in total. The first-order valence-corrected chi connectivity index (χ1v) is 15.4. The molecule has 3 heterocycles. The highest BCUT2D eigenvalue weighted by Gasteiger charge is 1.96.